The fourth-order valence-electron chi connectivity index (χ4n) is 4.38. The Bertz CT molecular complexity index is 1540. The zero-order valence-corrected chi connectivity index (χ0v) is 23.0. The van der Waals surface area contributed by atoms with E-state index in [2.05, 4.69) is 9.98 Å². The second-order valence-corrected chi connectivity index (χ2v) is 10.1. The van der Waals surface area contributed by atoms with Crippen LogP contribution in [-0.2, 0) is 0 Å². The third-order valence-electron chi connectivity index (χ3n) is 6.40. The molecule has 38 heavy (non-hydrogen) atoms. The number of amides is 1. The molecular weight excluding hydrogens is 526 g/mol. The molecule has 0 radical (unpaired) electrons. The fraction of sp³-hybridized carbons (Fsp3) is 0.241. The van der Waals surface area contributed by atoms with Crippen molar-refractivity contribution in [2.45, 2.75) is 32.1 Å². The number of allylic oxidation sites excluding steroid dienone is 2. The molecule has 0 spiro atoms. The van der Waals surface area contributed by atoms with Gasteiger partial charge in [-0.1, -0.05) is 35.3 Å². The summed E-state index contributed by atoms with van der Waals surface area (Å²) in [7, 11) is 3.11. The third-order valence-corrected chi connectivity index (χ3v) is 6.99. The molecule has 6 nitrogen and oxygen atoms in total. The molecule has 4 rings (SSSR count). The first kappa shape index (κ1) is 27.5. The molecule has 1 saturated carbocycles. The standard InChI is InChI=1S/C29H27Cl2FN4O2/c1-5-10-34-25(20-7-6-8-21(27(20)32)28(37)35(3)4)9-11-36-17(2)12-24(26(31)29(36)38)23-14-22(23)18-13-19(30)16-33-15-18/h5-13,15-16,22-23H,14H2,1-4H3/b10-5+,11-9+,34-25-. The van der Waals surface area contributed by atoms with Crippen molar-refractivity contribution in [2.75, 3.05) is 14.1 Å². The number of pyridine rings is 2. The molecule has 2 unspecified atom stereocenters. The van der Waals surface area contributed by atoms with Gasteiger partial charge in [0.15, 0.2) is 0 Å². The van der Waals surface area contributed by atoms with Crippen LogP contribution < -0.4 is 5.56 Å². The molecule has 2 atom stereocenters. The summed E-state index contributed by atoms with van der Waals surface area (Å²) < 4.78 is 16.8. The first-order chi connectivity index (χ1) is 18.1. The van der Waals surface area contributed by atoms with Gasteiger partial charge in [0, 0.05) is 50.1 Å². The summed E-state index contributed by atoms with van der Waals surface area (Å²) in [4.78, 5) is 35.5. The number of hydrogen-bond donors (Lipinski definition) is 0. The monoisotopic (exact) mass is 552 g/mol. The normalized spacial score (nSPS) is 17.4. The summed E-state index contributed by atoms with van der Waals surface area (Å²) in [5.41, 5.74) is 2.41. The largest absolute Gasteiger partial charge is 0.345 e. The second kappa shape index (κ2) is 11.5. The first-order valence-corrected chi connectivity index (χ1v) is 12.8. The maximum atomic E-state index is 15.4. The molecule has 0 aliphatic heterocycles. The molecule has 2 aromatic heterocycles. The Labute approximate surface area is 230 Å². The lowest BCUT2D eigenvalue weighted by Crippen LogP contribution is -2.23. The van der Waals surface area contributed by atoms with Crippen LogP contribution in [0.2, 0.25) is 10.0 Å². The lowest BCUT2D eigenvalue weighted by atomic mass is 10.0. The van der Waals surface area contributed by atoms with E-state index in [0.717, 1.165) is 17.5 Å². The minimum absolute atomic E-state index is 0.0660. The van der Waals surface area contributed by atoms with E-state index in [1.165, 1.54) is 40.1 Å². The van der Waals surface area contributed by atoms with Gasteiger partial charge in [-0.25, -0.2) is 4.39 Å². The number of rotatable bonds is 7. The van der Waals surface area contributed by atoms with E-state index in [4.69, 9.17) is 23.2 Å². The van der Waals surface area contributed by atoms with Gasteiger partial charge in [-0.2, -0.15) is 0 Å². The van der Waals surface area contributed by atoms with Crippen molar-refractivity contribution < 1.29 is 9.18 Å². The second-order valence-electron chi connectivity index (χ2n) is 9.29. The third kappa shape index (κ3) is 5.64. The van der Waals surface area contributed by atoms with Crippen molar-refractivity contribution in [1.29, 1.82) is 0 Å². The summed E-state index contributed by atoms with van der Waals surface area (Å²) in [6.07, 6.45) is 10.5. The number of nitrogens with zero attached hydrogens (tertiary/aromatic N) is 4. The highest BCUT2D eigenvalue weighted by molar-refractivity contribution is 6.31. The van der Waals surface area contributed by atoms with Crippen LogP contribution in [0, 0.1) is 12.7 Å². The number of carbonyl (C=O) groups is 1. The number of carbonyl (C=O) groups excluding carboxylic acids is 1. The van der Waals surface area contributed by atoms with Crippen molar-refractivity contribution in [1.82, 2.24) is 14.5 Å². The lowest BCUT2D eigenvalue weighted by molar-refractivity contribution is 0.0823. The molecule has 0 bridgehead atoms. The average molecular weight is 553 g/mol. The molecule has 9 heteroatoms. The maximum Gasteiger partial charge on any atom is 0.273 e. The zero-order valence-electron chi connectivity index (χ0n) is 21.5. The summed E-state index contributed by atoms with van der Waals surface area (Å²) >= 11 is 12.7. The van der Waals surface area contributed by atoms with Gasteiger partial charge in [-0.15, -0.1) is 0 Å². The highest BCUT2D eigenvalue weighted by atomic mass is 35.5. The molecule has 1 aromatic carbocycles. The summed E-state index contributed by atoms with van der Waals surface area (Å²) in [6.45, 7) is 3.59. The predicted octanol–water partition coefficient (Wildman–Crippen LogP) is 6.46. The molecule has 0 N–H and O–H groups in total. The van der Waals surface area contributed by atoms with E-state index in [1.807, 2.05) is 19.1 Å². The summed E-state index contributed by atoms with van der Waals surface area (Å²) in [5, 5.41) is 0.707. The Hall–Kier alpha value is -3.55. The molecule has 0 saturated heterocycles. The van der Waals surface area contributed by atoms with Gasteiger partial charge in [0.05, 0.1) is 16.3 Å². The van der Waals surface area contributed by atoms with E-state index in [0.29, 0.717) is 10.7 Å². The molecule has 1 aliphatic carbocycles. The van der Waals surface area contributed by atoms with Crippen LogP contribution in [0.4, 0.5) is 4.39 Å². The van der Waals surface area contributed by atoms with Crippen molar-refractivity contribution in [3.05, 3.63) is 115 Å². The minimum atomic E-state index is -0.688. The molecule has 1 aliphatic rings. The average Bonchev–Trinajstić information content (AvgIpc) is 3.68. The molecule has 1 amide bonds. The van der Waals surface area contributed by atoms with Crippen LogP contribution in [0.1, 0.15) is 57.9 Å². The van der Waals surface area contributed by atoms with Crippen LogP contribution in [0.3, 0.4) is 0 Å². The van der Waals surface area contributed by atoms with E-state index >= 15 is 4.39 Å². The predicted molar refractivity (Wildman–Crippen MR) is 151 cm³/mol. The first-order valence-electron chi connectivity index (χ1n) is 12.0. The molecule has 196 valence electrons. The SMILES string of the molecule is C/C=C/N=C(/C=C/n1c(C)cc(C2CC2c2cncc(Cl)c2)c(Cl)c1=O)c1cccc(C(=O)N(C)C)c1F. The number of hydrogen-bond acceptors (Lipinski definition) is 4. The summed E-state index contributed by atoms with van der Waals surface area (Å²) in [5.74, 6) is -0.846. The van der Waals surface area contributed by atoms with E-state index in [1.54, 1.807) is 45.6 Å². The molecular formula is C29H27Cl2FN4O2. The smallest absolute Gasteiger partial charge is 0.273 e. The van der Waals surface area contributed by atoms with Crippen molar-refractivity contribution in [3.63, 3.8) is 0 Å². The maximum absolute atomic E-state index is 15.4. The fourth-order valence-corrected chi connectivity index (χ4v) is 4.85. The van der Waals surface area contributed by atoms with E-state index in [-0.39, 0.29) is 39.3 Å². The van der Waals surface area contributed by atoms with Gasteiger partial charge in [0.2, 0.25) is 0 Å². The molecule has 2 heterocycles. The van der Waals surface area contributed by atoms with Gasteiger partial charge >= 0.3 is 0 Å². The van der Waals surface area contributed by atoms with Gasteiger partial charge in [0.1, 0.15) is 10.8 Å². The van der Waals surface area contributed by atoms with Crippen LogP contribution in [0.15, 0.2) is 70.9 Å². The number of aromatic nitrogens is 2. The van der Waals surface area contributed by atoms with Crippen molar-refractivity contribution >= 4 is 41.0 Å². The van der Waals surface area contributed by atoms with E-state index < -0.39 is 11.7 Å². The Balaban J connectivity index is 1.68. The summed E-state index contributed by atoms with van der Waals surface area (Å²) in [6, 6.07) is 8.35. The quantitative estimate of drug-likeness (QED) is 0.315. The zero-order chi connectivity index (χ0) is 27.6. The van der Waals surface area contributed by atoms with Gasteiger partial charge in [-0.3, -0.25) is 24.1 Å². The minimum Gasteiger partial charge on any atom is -0.345 e. The Kier molecular flexibility index (Phi) is 8.29. The van der Waals surface area contributed by atoms with Crippen molar-refractivity contribution in [2.24, 2.45) is 4.99 Å². The Morgan fingerprint density at radius 3 is 2.61 bits per heavy atom. The Morgan fingerprint density at radius 1 is 1.18 bits per heavy atom. The van der Waals surface area contributed by atoms with Crippen LogP contribution in [-0.4, -0.2) is 40.2 Å². The van der Waals surface area contributed by atoms with Gasteiger partial charge < -0.3 is 4.90 Å². The van der Waals surface area contributed by atoms with Gasteiger partial charge in [0.25, 0.3) is 11.5 Å². The lowest BCUT2D eigenvalue weighted by Gasteiger charge is -2.13. The van der Waals surface area contributed by atoms with Crippen LogP contribution in [0.5, 0.6) is 0 Å². The van der Waals surface area contributed by atoms with Crippen molar-refractivity contribution in [3.8, 4) is 0 Å². The number of aryl methyl sites for hydroxylation is 1. The highest BCUT2D eigenvalue weighted by Gasteiger charge is 2.41. The number of benzene rings is 1. The van der Waals surface area contributed by atoms with Gasteiger partial charge in [-0.05, 0) is 73.6 Å². The highest BCUT2D eigenvalue weighted by Crippen LogP contribution is 2.55. The Morgan fingerprint density at radius 2 is 1.92 bits per heavy atom. The number of halogens is 3. The van der Waals surface area contributed by atoms with Crippen LogP contribution >= 0.6 is 23.2 Å². The topological polar surface area (TPSA) is 67.6 Å². The number of aliphatic imine (C=N–C) groups is 1. The molecule has 1 fully saturated rings. The van der Waals surface area contributed by atoms with Crippen LogP contribution in [0.25, 0.3) is 6.20 Å². The molecule has 3 aromatic rings. The van der Waals surface area contributed by atoms with E-state index in [9.17, 15) is 9.59 Å².